The molecule has 0 fully saturated rings. The average molecular weight is 414 g/mol. The van der Waals surface area contributed by atoms with Crippen LogP contribution in [0.4, 0.5) is 0 Å². The fourth-order valence-corrected chi connectivity index (χ4v) is 2.75. The van der Waals surface area contributed by atoms with Gasteiger partial charge in [0, 0.05) is 26.2 Å². The predicted octanol–water partition coefficient (Wildman–Crippen LogP) is 2.98. The number of carbonyl (C=O) groups excluding carboxylic acids is 3. The highest BCUT2D eigenvalue weighted by Crippen LogP contribution is 2.25. The van der Waals surface area contributed by atoms with Crippen LogP contribution in [0.25, 0.3) is 0 Å². The van der Waals surface area contributed by atoms with Gasteiger partial charge in [0.25, 0.3) is 0 Å². The zero-order valence-electron chi connectivity index (χ0n) is 17.4. The number of esters is 1. The molecule has 0 atom stereocenters. The summed E-state index contributed by atoms with van der Waals surface area (Å²) in [7, 11) is 3.01. The molecule has 30 heavy (non-hydrogen) atoms. The molecule has 0 aliphatic carbocycles. The van der Waals surface area contributed by atoms with Crippen molar-refractivity contribution in [2.75, 3.05) is 27.4 Å². The summed E-state index contributed by atoms with van der Waals surface area (Å²) in [5, 5.41) is 0. The maximum atomic E-state index is 12.5. The summed E-state index contributed by atoms with van der Waals surface area (Å²) in [6.07, 6.45) is -0.536. The number of rotatable bonds is 12. The van der Waals surface area contributed by atoms with E-state index in [1.807, 2.05) is 30.3 Å². The van der Waals surface area contributed by atoms with Gasteiger partial charge in [0.2, 0.25) is 5.78 Å². The van der Waals surface area contributed by atoms with Crippen molar-refractivity contribution in [2.45, 2.75) is 26.1 Å². The van der Waals surface area contributed by atoms with Crippen molar-refractivity contribution in [2.24, 2.45) is 0 Å². The SMILES string of the molecule is CCOC(=O)C(=O)CC(=O)c1ccc(Cc2ccccc2)c(OCC(OC)OC)c1. The Kier molecular flexibility index (Phi) is 9.18. The fraction of sp³-hybridized carbons (Fsp3) is 0.348. The number of ether oxygens (including phenoxy) is 4. The Balaban J connectivity index is 2.23. The number of Topliss-reactive ketones (excluding diaryl/α,β-unsaturated/α-hetero) is 2. The lowest BCUT2D eigenvalue weighted by molar-refractivity contribution is -0.153. The Labute approximate surface area is 175 Å². The first-order valence-corrected chi connectivity index (χ1v) is 9.56. The molecule has 0 bridgehead atoms. The van der Waals surface area contributed by atoms with E-state index in [4.69, 9.17) is 14.2 Å². The highest BCUT2D eigenvalue weighted by molar-refractivity contribution is 6.38. The van der Waals surface area contributed by atoms with E-state index < -0.39 is 30.2 Å². The van der Waals surface area contributed by atoms with Gasteiger partial charge in [-0.25, -0.2) is 4.79 Å². The lowest BCUT2D eigenvalue weighted by Crippen LogP contribution is -2.23. The Morgan fingerprint density at radius 3 is 2.30 bits per heavy atom. The average Bonchev–Trinajstić information content (AvgIpc) is 2.76. The Bertz CT molecular complexity index is 857. The van der Waals surface area contributed by atoms with Crippen LogP contribution in [-0.4, -0.2) is 51.3 Å². The van der Waals surface area contributed by atoms with Gasteiger partial charge in [-0.2, -0.15) is 0 Å². The molecule has 2 aromatic rings. The smallest absolute Gasteiger partial charge is 0.375 e. The third-order valence-corrected chi connectivity index (χ3v) is 4.35. The number of ketones is 2. The molecule has 0 N–H and O–H groups in total. The third-order valence-electron chi connectivity index (χ3n) is 4.35. The highest BCUT2D eigenvalue weighted by Gasteiger charge is 2.21. The molecule has 7 heteroatoms. The zero-order chi connectivity index (χ0) is 21.9. The first kappa shape index (κ1) is 23.3. The van der Waals surface area contributed by atoms with Crippen molar-refractivity contribution >= 4 is 17.5 Å². The first-order valence-electron chi connectivity index (χ1n) is 9.56. The van der Waals surface area contributed by atoms with Crippen LogP contribution in [0.2, 0.25) is 0 Å². The second kappa shape index (κ2) is 11.8. The fourth-order valence-electron chi connectivity index (χ4n) is 2.75. The lowest BCUT2D eigenvalue weighted by Gasteiger charge is -2.17. The van der Waals surface area contributed by atoms with Gasteiger partial charge in [-0.05, 0) is 24.1 Å². The maximum absolute atomic E-state index is 12.5. The highest BCUT2D eigenvalue weighted by atomic mass is 16.7. The molecule has 0 aliphatic rings. The molecule has 0 aromatic heterocycles. The second-order valence-corrected chi connectivity index (χ2v) is 6.44. The quantitative estimate of drug-likeness (QED) is 0.173. The van der Waals surface area contributed by atoms with E-state index in [1.54, 1.807) is 25.1 Å². The van der Waals surface area contributed by atoms with Gasteiger partial charge in [-0.15, -0.1) is 0 Å². The minimum Gasteiger partial charge on any atom is -0.488 e. The van der Waals surface area contributed by atoms with E-state index in [0.717, 1.165) is 11.1 Å². The largest absolute Gasteiger partial charge is 0.488 e. The van der Waals surface area contributed by atoms with Crippen molar-refractivity contribution in [1.82, 2.24) is 0 Å². The summed E-state index contributed by atoms with van der Waals surface area (Å²) < 4.78 is 20.8. The lowest BCUT2D eigenvalue weighted by atomic mass is 9.99. The summed E-state index contributed by atoms with van der Waals surface area (Å²) in [5.41, 5.74) is 2.21. The Hall–Kier alpha value is -3.03. The molecular weight excluding hydrogens is 388 g/mol. The van der Waals surface area contributed by atoms with Crippen molar-refractivity contribution in [3.8, 4) is 5.75 Å². The van der Waals surface area contributed by atoms with Crippen LogP contribution in [-0.2, 0) is 30.2 Å². The van der Waals surface area contributed by atoms with Crippen LogP contribution >= 0.6 is 0 Å². The van der Waals surface area contributed by atoms with E-state index in [0.29, 0.717) is 12.2 Å². The Morgan fingerprint density at radius 2 is 1.67 bits per heavy atom. The number of benzene rings is 2. The maximum Gasteiger partial charge on any atom is 0.375 e. The van der Waals surface area contributed by atoms with Crippen LogP contribution < -0.4 is 4.74 Å². The summed E-state index contributed by atoms with van der Waals surface area (Å²) in [4.78, 5) is 35.8. The molecule has 0 radical (unpaired) electrons. The van der Waals surface area contributed by atoms with Gasteiger partial charge in [0.15, 0.2) is 12.1 Å². The van der Waals surface area contributed by atoms with Crippen molar-refractivity contribution in [1.29, 1.82) is 0 Å². The van der Waals surface area contributed by atoms with Gasteiger partial charge in [-0.3, -0.25) is 9.59 Å². The number of hydrogen-bond acceptors (Lipinski definition) is 7. The molecule has 160 valence electrons. The molecular formula is C23H26O7. The minimum absolute atomic E-state index is 0.0745. The monoisotopic (exact) mass is 414 g/mol. The molecule has 0 spiro atoms. The molecule has 7 nitrogen and oxygen atoms in total. The van der Waals surface area contributed by atoms with E-state index in [9.17, 15) is 14.4 Å². The molecule has 0 amide bonds. The van der Waals surface area contributed by atoms with Crippen LogP contribution in [0, 0.1) is 0 Å². The topological polar surface area (TPSA) is 88.1 Å². The van der Waals surface area contributed by atoms with Crippen LogP contribution in [0.15, 0.2) is 48.5 Å². The van der Waals surface area contributed by atoms with Crippen LogP contribution in [0.5, 0.6) is 5.75 Å². The van der Waals surface area contributed by atoms with Crippen LogP contribution in [0.1, 0.15) is 34.8 Å². The van der Waals surface area contributed by atoms with E-state index in [1.165, 1.54) is 14.2 Å². The molecule has 0 aliphatic heterocycles. The van der Waals surface area contributed by atoms with E-state index in [-0.39, 0.29) is 18.8 Å². The van der Waals surface area contributed by atoms with Crippen molar-refractivity contribution in [3.63, 3.8) is 0 Å². The molecule has 0 heterocycles. The van der Waals surface area contributed by atoms with Gasteiger partial charge >= 0.3 is 5.97 Å². The summed E-state index contributed by atoms with van der Waals surface area (Å²) >= 11 is 0. The van der Waals surface area contributed by atoms with Gasteiger partial charge < -0.3 is 18.9 Å². The van der Waals surface area contributed by atoms with Gasteiger partial charge in [0.1, 0.15) is 12.4 Å². The normalized spacial score (nSPS) is 10.7. The second-order valence-electron chi connectivity index (χ2n) is 6.44. The summed E-state index contributed by atoms with van der Waals surface area (Å²) in [6, 6.07) is 14.8. The molecule has 0 saturated heterocycles. The van der Waals surface area contributed by atoms with Crippen LogP contribution in [0.3, 0.4) is 0 Å². The molecule has 2 aromatic carbocycles. The van der Waals surface area contributed by atoms with E-state index >= 15 is 0 Å². The zero-order valence-corrected chi connectivity index (χ0v) is 17.4. The number of hydrogen-bond donors (Lipinski definition) is 0. The van der Waals surface area contributed by atoms with Crippen molar-refractivity contribution in [3.05, 3.63) is 65.2 Å². The first-order chi connectivity index (χ1) is 14.5. The number of carbonyl (C=O) groups is 3. The molecule has 0 saturated carbocycles. The van der Waals surface area contributed by atoms with Crippen molar-refractivity contribution < 1.29 is 33.3 Å². The van der Waals surface area contributed by atoms with E-state index in [2.05, 4.69) is 4.74 Å². The summed E-state index contributed by atoms with van der Waals surface area (Å²) in [5.74, 6) is -1.89. The standard InChI is InChI=1S/C23H26O7/c1-4-29-23(26)20(25)14-19(24)17-10-11-18(12-16-8-6-5-7-9-16)21(13-17)30-15-22(27-2)28-3/h5-11,13,22H,4,12,14-15H2,1-3H3. The van der Waals surface area contributed by atoms with Gasteiger partial charge in [-0.1, -0.05) is 42.5 Å². The third kappa shape index (κ3) is 6.79. The minimum atomic E-state index is -1.01. The predicted molar refractivity (Wildman–Crippen MR) is 110 cm³/mol. The summed E-state index contributed by atoms with van der Waals surface area (Å²) in [6.45, 7) is 1.79. The number of methoxy groups -OCH3 is 2. The molecule has 2 rings (SSSR count). The Morgan fingerprint density at radius 1 is 0.967 bits per heavy atom. The van der Waals surface area contributed by atoms with Gasteiger partial charge in [0.05, 0.1) is 13.0 Å². The molecule has 0 unspecified atom stereocenters.